The van der Waals surface area contributed by atoms with E-state index in [9.17, 15) is 0 Å². The van der Waals surface area contributed by atoms with Crippen LogP contribution in [-0.4, -0.2) is 54.7 Å². The molecule has 0 amide bonds. The van der Waals surface area contributed by atoms with Gasteiger partial charge < -0.3 is 4.90 Å². The Morgan fingerprint density at radius 3 is 2.33 bits per heavy atom. The van der Waals surface area contributed by atoms with E-state index in [2.05, 4.69) is 55.6 Å². The molecule has 1 atom stereocenters. The smallest absolute Gasteiger partial charge is 0.139 e. The summed E-state index contributed by atoms with van der Waals surface area (Å²) in [7, 11) is 4.40. The van der Waals surface area contributed by atoms with Crippen LogP contribution in [0.4, 0.5) is 0 Å². The molecule has 0 N–H and O–H groups in total. The van der Waals surface area contributed by atoms with E-state index in [0.717, 1.165) is 26.1 Å². The highest BCUT2D eigenvalue weighted by Crippen LogP contribution is 2.20. The predicted octanol–water partition coefficient (Wildman–Crippen LogP) is 1.78. The molecule has 88 valence electrons. The second kappa shape index (κ2) is 5.52. The average molecular weight is 211 g/mol. The van der Waals surface area contributed by atoms with Crippen molar-refractivity contribution in [2.75, 3.05) is 33.7 Å². The van der Waals surface area contributed by atoms with E-state index in [-0.39, 0.29) is 0 Å². The Labute approximate surface area is 94.3 Å². The van der Waals surface area contributed by atoms with Crippen LogP contribution in [-0.2, 0) is 0 Å². The Kier molecular flexibility index (Phi) is 4.61. The minimum absolute atomic E-state index is 0.431. The van der Waals surface area contributed by atoms with Crippen LogP contribution in [0.25, 0.3) is 0 Å². The van der Waals surface area contributed by atoms with Crippen molar-refractivity contribution in [3.05, 3.63) is 11.8 Å². The van der Waals surface area contributed by atoms with Crippen LogP contribution in [0.2, 0.25) is 0 Å². The standard InChI is InChI=1S/C12H25N3/c1-6-11-9-10-13(4)12(14(11)5)15(7-2)8-3/h9,12H,6-8,10H2,1-5H3. The van der Waals surface area contributed by atoms with E-state index in [1.165, 1.54) is 5.70 Å². The molecule has 1 unspecified atom stereocenters. The Balaban J connectivity index is 2.82. The van der Waals surface area contributed by atoms with Crippen molar-refractivity contribution >= 4 is 0 Å². The number of nitrogens with zero attached hydrogens (tertiary/aromatic N) is 3. The zero-order valence-corrected chi connectivity index (χ0v) is 10.8. The lowest BCUT2D eigenvalue weighted by atomic mass is 10.2. The first-order valence-electron chi connectivity index (χ1n) is 6.01. The number of rotatable bonds is 4. The molecule has 3 heteroatoms. The van der Waals surface area contributed by atoms with Crippen LogP contribution < -0.4 is 0 Å². The first kappa shape index (κ1) is 12.5. The monoisotopic (exact) mass is 211 g/mol. The van der Waals surface area contributed by atoms with E-state index < -0.39 is 0 Å². The number of hydrogen-bond acceptors (Lipinski definition) is 3. The molecule has 1 aliphatic heterocycles. The van der Waals surface area contributed by atoms with Gasteiger partial charge in [-0.15, -0.1) is 0 Å². The summed E-state index contributed by atoms with van der Waals surface area (Å²) in [5, 5.41) is 0. The SMILES string of the molecule is CCC1=CCN(C)C(N(CC)CC)N1C. The lowest BCUT2D eigenvalue weighted by molar-refractivity contribution is -0.0313. The Morgan fingerprint density at radius 2 is 1.87 bits per heavy atom. The maximum atomic E-state index is 2.49. The molecule has 0 saturated carbocycles. The zero-order chi connectivity index (χ0) is 11.4. The third kappa shape index (κ3) is 2.52. The fourth-order valence-electron chi connectivity index (χ4n) is 2.40. The van der Waals surface area contributed by atoms with Gasteiger partial charge in [-0.2, -0.15) is 0 Å². The summed E-state index contributed by atoms with van der Waals surface area (Å²) in [6, 6.07) is 0. The van der Waals surface area contributed by atoms with Gasteiger partial charge in [0.2, 0.25) is 0 Å². The van der Waals surface area contributed by atoms with Gasteiger partial charge in [0.25, 0.3) is 0 Å². The summed E-state index contributed by atoms with van der Waals surface area (Å²) in [6.07, 6.45) is 3.89. The largest absolute Gasteiger partial charge is 0.350 e. The zero-order valence-electron chi connectivity index (χ0n) is 10.8. The minimum Gasteiger partial charge on any atom is -0.350 e. The summed E-state index contributed by atoms with van der Waals surface area (Å²) >= 11 is 0. The summed E-state index contributed by atoms with van der Waals surface area (Å²) in [5.74, 6) is 0. The van der Waals surface area contributed by atoms with Crippen LogP contribution in [0.1, 0.15) is 27.2 Å². The third-order valence-corrected chi connectivity index (χ3v) is 3.31. The fraction of sp³-hybridized carbons (Fsp3) is 0.833. The van der Waals surface area contributed by atoms with Crippen molar-refractivity contribution in [1.82, 2.24) is 14.7 Å². The van der Waals surface area contributed by atoms with Gasteiger partial charge in [0.15, 0.2) is 0 Å². The van der Waals surface area contributed by atoms with Gasteiger partial charge in [0.1, 0.15) is 6.29 Å². The highest BCUT2D eigenvalue weighted by molar-refractivity contribution is 5.06. The van der Waals surface area contributed by atoms with Gasteiger partial charge in [-0.25, -0.2) is 0 Å². The van der Waals surface area contributed by atoms with E-state index in [4.69, 9.17) is 0 Å². The summed E-state index contributed by atoms with van der Waals surface area (Å²) in [6.45, 7) is 9.96. The van der Waals surface area contributed by atoms with Crippen molar-refractivity contribution in [3.63, 3.8) is 0 Å². The molecule has 0 bridgehead atoms. The third-order valence-electron chi connectivity index (χ3n) is 3.31. The molecule has 0 spiro atoms. The van der Waals surface area contributed by atoms with Crippen LogP contribution in [0, 0.1) is 0 Å². The van der Waals surface area contributed by atoms with Crippen molar-refractivity contribution in [3.8, 4) is 0 Å². The molecule has 0 aromatic heterocycles. The Morgan fingerprint density at radius 1 is 1.27 bits per heavy atom. The Hall–Kier alpha value is -0.540. The summed E-state index contributed by atoms with van der Waals surface area (Å²) in [4.78, 5) is 7.28. The van der Waals surface area contributed by atoms with Gasteiger partial charge in [-0.3, -0.25) is 9.80 Å². The first-order valence-corrected chi connectivity index (χ1v) is 6.01. The topological polar surface area (TPSA) is 9.72 Å². The number of allylic oxidation sites excluding steroid dienone is 1. The maximum Gasteiger partial charge on any atom is 0.139 e. The lowest BCUT2D eigenvalue weighted by Gasteiger charge is -2.46. The molecule has 1 aliphatic rings. The molecular weight excluding hydrogens is 186 g/mol. The molecule has 0 saturated heterocycles. The van der Waals surface area contributed by atoms with E-state index in [0.29, 0.717) is 6.29 Å². The van der Waals surface area contributed by atoms with Gasteiger partial charge >= 0.3 is 0 Å². The van der Waals surface area contributed by atoms with Crippen molar-refractivity contribution in [1.29, 1.82) is 0 Å². The van der Waals surface area contributed by atoms with Crippen molar-refractivity contribution in [2.45, 2.75) is 33.5 Å². The second-order valence-electron chi connectivity index (χ2n) is 4.17. The van der Waals surface area contributed by atoms with Gasteiger partial charge in [0.05, 0.1) is 0 Å². The molecule has 1 heterocycles. The average Bonchev–Trinajstić information content (AvgIpc) is 2.24. The fourth-order valence-corrected chi connectivity index (χ4v) is 2.40. The number of hydrogen-bond donors (Lipinski definition) is 0. The van der Waals surface area contributed by atoms with Crippen LogP contribution in [0.5, 0.6) is 0 Å². The number of likely N-dealkylation sites (N-methyl/N-ethyl adjacent to an activating group) is 1. The highest BCUT2D eigenvalue weighted by Gasteiger charge is 2.28. The highest BCUT2D eigenvalue weighted by atomic mass is 15.5. The molecule has 0 radical (unpaired) electrons. The normalized spacial score (nSPS) is 23.5. The minimum atomic E-state index is 0.431. The molecule has 0 aromatic carbocycles. The molecule has 0 aliphatic carbocycles. The van der Waals surface area contributed by atoms with Crippen LogP contribution >= 0.6 is 0 Å². The van der Waals surface area contributed by atoms with Gasteiger partial charge in [-0.05, 0) is 26.6 Å². The van der Waals surface area contributed by atoms with Gasteiger partial charge in [-0.1, -0.05) is 26.8 Å². The lowest BCUT2D eigenvalue weighted by Crippen LogP contribution is -2.57. The van der Waals surface area contributed by atoms with Crippen LogP contribution in [0.3, 0.4) is 0 Å². The maximum absolute atomic E-state index is 2.49. The quantitative estimate of drug-likeness (QED) is 0.702. The van der Waals surface area contributed by atoms with E-state index >= 15 is 0 Å². The molecule has 3 nitrogen and oxygen atoms in total. The summed E-state index contributed by atoms with van der Waals surface area (Å²) in [5.41, 5.74) is 1.46. The first-order chi connectivity index (χ1) is 7.15. The van der Waals surface area contributed by atoms with Gasteiger partial charge in [0, 0.05) is 19.3 Å². The Bertz CT molecular complexity index is 221. The predicted molar refractivity (Wildman–Crippen MR) is 65.5 cm³/mol. The van der Waals surface area contributed by atoms with E-state index in [1.54, 1.807) is 0 Å². The van der Waals surface area contributed by atoms with Crippen LogP contribution in [0.15, 0.2) is 11.8 Å². The van der Waals surface area contributed by atoms with Crippen molar-refractivity contribution < 1.29 is 0 Å². The molecule has 15 heavy (non-hydrogen) atoms. The molecular formula is C12H25N3. The second-order valence-corrected chi connectivity index (χ2v) is 4.17. The molecule has 1 rings (SSSR count). The summed E-state index contributed by atoms with van der Waals surface area (Å²) < 4.78 is 0. The van der Waals surface area contributed by atoms with E-state index in [1.807, 2.05) is 0 Å². The molecule has 0 aromatic rings. The van der Waals surface area contributed by atoms with Crippen molar-refractivity contribution in [2.24, 2.45) is 0 Å². The molecule has 0 fully saturated rings.